The number of aromatic nitrogens is 1. The van der Waals surface area contributed by atoms with Crippen LogP contribution in [0.1, 0.15) is 29.2 Å². The predicted molar refractivity (Wildman–Crippen MR) is 154 cm³/mol. The van der Waals surface area contributed by atoms with Crippen molar-refractivity contribution in [1.29, 1.82) is 0 Å². The maximum absolute atomic E-state index is 13.1. The van der Waals surface area contributed by atoms with E-state index >= 15 is 0 Å². The highest BCUT2D eigenvalue weighted by Crippen LogP contribution is 2.31. The van der Waals surface area contributed by atoms with E-state index in [0.717, 1.165) is 26.4 Å². The van der Waals surface area contributed by atoms with Gasteiger partial charge in [0.05, 0.1) is 21.2 Å². The standard InChI is InChI=1S/C30H27N3O3S2/c1-20-8-15-25(16-9-20)38(35,36)33-27(22-6-4-3-5-7-22)19-29(34)31-24-13-11-23(12-14-24)30-32-26-17-10-21(2)18-28(26)37-30/h3-18,27,33H,19H2,1-2H3,(H,31,34). The summed E-state index contributed by atoms with van der Waals surface area (Å²) >= 11 is 1.63. The number of nitrogens with one attached hydrogen (secondary N) is 2. The fourth-order valence-corrected chi connectivity index (χ4v) is 6.43. The van der Waals surface area contributed by atoms with Crippen LogP contribution in [0.2, 0.25) is 0 Å². The molecule has 0 spiro atoms. The molecule has 0 saturated heterocycles. The molecule has 0 bridgehead atoms. The molecule has 192 valence electrons. The fourth-order valence-electron chi connectivity index (χ4n) is 4.13. The van der Waals surface area contributed by atoms with Crippen LogP contribution in [0.3, 0.4) is 0 Å². The van der Waals surface area contributed by atoms with Gasteiger partial charge in [0.15, 0.2) is 0 Å². The molecule has 1 unspecified atom stereocenters. The van der Waals surface area contributed by atoms with Gasteiger partial charge in [-0.15, -0.1) is 11.3 Å². The lowest BCUT2D eigenvalue weighted by molar-refractivity contribution is -0.116. The molecular weight excluding hydrogens is 514 g/mol. The molecule has 1 amide bonds. The first kappa shape index (κ1) is 25.8. The minimum absolute atomic E-state index is 0.0614. The number of benzene rings is 4. The number of sulfonamides is 1. The highest BCUT2D eigenvalue weighted by atomic mass is 32.2. The van der Waals surface area contributed by atoms with Crippen LogP contribution in [0.5, 0.6) is 0 Å². The Hall–Kier alpha value is -3.85. The molecule has 0 radical (unpaired) electrons. The van der Waals surface area contributed by atoms with Crippen LogP contribution in [0.15, 0.2) is 102 Å². The van der Waals surface area contributed by atoms with Gasteiger partial charge in [-0.25, -0.2) is 18.1 Å². The van der Waals surface area contributed by atoms with E-state index < -0.39 is 16.1 Å². The average molecular weight is 542 g/mol. The van der Waals surface area contributed by atoms with Crippen LogP contribution in [0, 0.1) is 13.8 Å². The van der Waals surface area contributed by atoms with Crippen molar-refractivity contribution in [3.63, 3.8) is 0 Å². The molecule has 0 aliphatic heterocycles. The first-order valence-corrected chi connectivity index (χ1v) is 14.5. The van der Waals surface area contributed by atoms with Gasteiger partial charge in [0.1, 0.15) is 5.01 Å². The number of hydrogen-bond donors (Lipinski definition) is 2. The summed E-state index contributed by atoms with van der Waals surface area (Å²) in [4.78, 5) is 17.9. The van der Waals surface area contributed by atoms with E-state index in [-0.39, 0.29) is 17.2 Å². The van der Waals surface area contributed by atoms with Gasteiger partial charge in [-0.05, 0) is 73.5 Å². The van der Waals surface area contributed by atoms with E-state index in [0.29, 0.717) is 11.3 Å². The normalized spacial score (nSPS) is 12.4. The molecule has 8 heteroatoms. The van der Waals surface area contributed by atoms with Crippen LogP contribution in [0.25, 0.3) is 20.8 Å². The van der Waals surface area contributed by atoms with Gasteiger partial charge < -0.3 is 5.32 Å². The van der Waals surface area contributed by atoms with Crippen molar-refractivity contribution in [2.45, 2.75) is 31.2 Å². The predicted octanol–water partition coefficient (Wildman–Crippen LogP) is 6.63. The summed E-state index contributed by atoms with van der Waals surface area (Å²) in [5.41, 5.74) is 5.43. The van der Waals surface area contributed by atoms with E-state index in [9.17, 15) is 13.2 Å². The summed E-state index contributed by atoms with van der Waals surface area (Å²) in [7, 11) is -3.83. The molecule has 1 aromatic heterocycles. The molecule has 38 heavy (non-hydrogen) atoms. The molecule has 0 aliphatic carbocycles. The third kappa shape index (κ3) is 5.99. The van der Waals surface area contributed by atoms with Gasteiger partial charge in [0, 0.05) is 17.7 Å². The first-order chi connectivity index (χ1) is 18.3. The van der Waals surface area contributed by atoms with Crippen molar-refractivity contribution in [2.75, 3.05) is 5.32 Å². The molecule has 1 atom stereocenters. The number of hydrogen-bond acceptors (Lipinski definition) is 5. The Labute approximate surface area is 226 Å². The van der Waals surface area contributed by atoms with Crippen molar-refractivity contribution < 1.29 is 13.2 Å². The molecule has 0 fully saturated rings. The van der Waals surface area contributed by atoms with Crippen molar-refractivity contribution >= 4 is 43.2 Å². The second kappa shape index (κ2) is 10.9. The van der Waals surface area contributed by atoms with Crippen molar-refractivity contribution in [1.82, 2.24) is 9.71 Å². The quantitative estimate of drug-likeness (QED) is 0.231. The Bertz CT molecular complexity index is 1680. The third-order valence-electron chi connectivity index (χ3n) is 6.18. The minimum atomic E-state index is -3.83. The summed E-state index contributed by atoms with van der Waals surface area (Å²) in [6.07, 6.45) is -0.0614. The first-order valence-electron chi connectivity index (χ1n) is 12.2. The summed E-state index contributed by atoms with van der Waals surface area (Å²) in [6.45, 7) is 3.96. The van der Waals surface area contributed by atoms with E-state index in [1.807, 2.05) is 73.7 Å². The minimum Gasteiger partial charge on any atom is -0.326 e. The van der Waals surface area contributed by atoms with E-state index in [1.165, 1.54) is 5.56 Å². The topological polar surface area (TPSA) is 88.2 Å². The number of carbonyl (C=O) groups is 1. The lowest BCUT2D eigenvalue weighted by atomic mass is 10.0. The number of carbonyl (C=O) groups excluding carboxylic acids is 1. The van der Waals surface area contributed by atoms with Gasteiger partial charge in [-0.3, -0.25) is 4.79 Å². The van der Waals surface area contributed by atoms with Gasteiger partial charge in [-0.1, -0.05) is 54.1 Å². The van der Waals surface area contributed by atoms with Crippen molar-refractivity contribution in [3.05, 3.63) is 114 Å². The Kier molecular flexibility index (Phi) is 7.37. The van der Waals surface area contributed by atoms with Gasteiger partial charge >= 0.3 is 0 Å². The highest BCUT2D eigenvalue weighted by Gasteiger charge is 2.24. The number of thiazole rings is 1. The number of nitrogens with zero attached hydrogens (tertiary/aromatic N) is 1. The smallest absolute Gasteiger partial charge is 0.241 e. The average Bonchev–Trinajstić information content (AvgIpc) is 3.32. The zero-order chi connectivity index (χ0) is 26.7. The van der Waals surface area contributed by atoms with Gasteiger partial charge in [0.25, 0.3) is 0 Å². The highest BCUT2D eigenvalue weighted by molar-refractivity contribution is 7.89. The summed E-state index contributed by atoms with van der Waals surface area (Å²) in [6, 6.07) is 28.7. The van der Waals surface area contributed by atoms with E-state index in [1.54, 1.807) is 35.6 Å². The Morgan fingerprint density at radius 2 is 1.55 bits per heavy atom. The molecule has 0 aliphatic rings. The number of fused-ring (bicyclic) bond motifs is 1. The van der Waals surface area contributed by atoms with Crippen molar-refractivity contribution in [2.24, 2.45) is 0 Å². The number of anilines is 1. The lowest BCUT2D eigenvalue weighted by Crippen LogP contribution is -2.31. The number of aryl methyl sites for hydroxylation is 2. The second-order valence-electron chi connectivity index (χ2n) is 9.22. The Morgan fingerprint density at radius 3 is 2.26 bits per heavy atom. The molecule has 6 nitrogen and oxygen atoms in total. The molecular formula is C30H27N3O3S2. The molecule has 5 aromatic rings. The van der Waals surface area contributed by atoms with Crippen molar-refractivity contribution in [3.8, 4) is 10.6 Å². The summed E-state index contributed by atoms with van der Waals surface area (Å²) < 4.78 is 30.0. The number of rotatable bonds is 8. The Morgan fingerprint density at radius 1 is 0.868 bits per heavy atom. The molecule has 0 saturated carbocycles. The molecule has 4 aromatic carbocycles. The van der Waals surface area contributed by atoms with Crippen LogP contribution < -0.4 is 10.0 Å². The maximum atomic E-state index is 13.1. The van der Waals surface area contributed by atoms with E-state index in [2.05, 4.69) is 23.0 Å². The zero-order valence-electron chi connectivity index (χ0n) is 21.0. The second-order valence-corrected chi connectivity index (χ2v) is 12.0. The van der Waals surface area contributed by atoms with Gasteiger partial charge in [0.2, 0.25) is 15.9 Å². The SMILES string of the molecule is Cc1ccc(S(=O)(=O)NC(CC(=O)Nc2ccc(-c3nc4ccc(C)cc4s3)cc2)c2ccccc2)cc1. The maximum Gasteiger partial charge on any atom is 0.241 e. The molecule has 2 N–H and O–H groups in total. The third-order valence-corrected chi connectivity index (χ3v) is 8.73. The fraction of sp³-hybridized carbons (Fsp3) is 0.133. The lowest BCUT2D eigenvalue weighted by Gasteiger charge is -2.19. The Balaban J connectivity index is 1.30. The largest absolute Gasteiger partial charge is 0.326 e. The van der Waals surface area contributed by atoms with Crippen LogP contribution in [-0.4, -0.2) is 19.3 Å². The summed E-state index contributed by atoms with van der Waals surface area (Å²) in [5.74, 6) is -0.298. The van der Waals surface area contributed by atoms with Crippen LogP contribution in [0.4, 0.5) is 5.69 Å². The van der Waals surface area contributed by atoms with Gasteiger partial charge in [-0.2, -0.15) is 0 Å². The molecule has 5 rings (SSSR count). The van der Waals surface area contributed by atoms with Crippen LogP contribution in [-0.2, 0) is 14.8 Å². The zero-order valence-corrected chi connectivity index (χ0v) is 22.6. The summed E-state index contributed by atoms with van der Waals surface area (Å²) in [5, 5.41) is 3.81. The van der Waals surface area contributed by atoms with E-state index in [4.69, 9.17) is 4.98 Å². The number of amides is 1. The van der Waals surface area contributed by atoms with Crippen LogP contribution >= 0.6 is 11.3 Å². The molecule has 1 heterocycles. The monoisotopic (exact) mass is 541 g/mol.